The highest BCUT2D eigenvalue weighted by atomic mass is 16.5. The number of nitrogens with one attached hydrogen (secondary N) is 1. The van der Waals surface area contributed by atoms with Crippen molar-refractivity contribution in [1.82, 2.24) is 5.32 Å². The molecule has 2 amide bonds. The molecular weight excluding hydrogens is 356 g/mol. The Morgan fingerprint density at radius 2 is 1.89 bits per heavy atom. The van der Waals surface area contributed by atoms with E-state index in [-0.39, 0.29) is 24.2 Å². The van der Waals surface area contributed by atoms with Crippen LogP contribution in [0.1, 0.15) is 17.5 Å². The molecule has 0 saturated carbocycles. The van der Waals surface area contributed by atoms with E-state index in [1.54, 1.807) is 12.0 Å². The van der Waals surface area contributed by atoms with E-state index < -0.39 is 0 Å². The van der Waals surface area contributed by atoms with Crippen LogP contribution >= 0.6 is 0 Å². The number of hydrogen-bond acceptors (Lipinski definition) is 4. The zero-order valence-electron chi connectivity index (χ0n) is 16.5. The third kappa shape index (κ3) is 4.27. The molecule has 1 N–H and O–H groups in total. The molecule has 2 aromatic carbocycles. The van der Waals surface area contributed by atoms with Gasteiger partial charge in [0.1, 0.15) is 6.61 Å². The maximum atomic E-state index is 12.5. The summed E-state index contributed by atoms with van der Waals surface area (Å²) < 4.78 is 10.9. The number of anilines is 1. The molecule has 6 nitrogen and oxygen atoms in total. The first-order valence-electron chi connectivity index (χ1n) is 9.41. The summed E-state index contributed by atoms with van der Waals surface area (Å²) in [5, 5.41) is 2.87. The normalized spacial score (nSPS) is 16.2. The Bertz CT molecular complexity index is 865. The van der Waals surface area contributed by atoms with Crippen LogP contribution in [-0.4, -0.2) is 38.6 Å². The van der Waals surface area contributed by atoms with Gasteiger partial charge in [0.25, 0.3) is 0 Å². The van der Waals surface area contributed by atoms with Gasteiger partial charge in [0.2, 0.25) is 11.8 Å². The number of carbonyl (C=O) groups excluding carboxylic acids is 2. The number of ether oxygens (including phenoxy) is 2. The predicted octanol–water partition coefficient (Wildman–Crippen LogP) is 2.86. The highest BCUT2D eigenvalue weighted by molar-refractivity contribution is 6.00. The third-order valence-electron chi connectivity index (χ3n) is 5.09. The number of methoxy groups -OCH3 is 1. The van der Waals surface area contributed by atoms with Crippen molar-refractivity contribution in [2.45, 2.75) is 20.3 Å². The molecule has 1 unspecified atom stereocenters. The lowest BCUT2D eigenvalue weighted by atomic mass is 10.1. The average Bonchev–Trinajstić information content (AvgIpc) is 3.09. The second-order valence-corrected chi connectivity index (χ2v) is 6.91. The van der Waals surface area contributed by atoms with E-state index in [1.807, 2.05) is 56.3 Å². The number of amides is 2. The molecule has 0 radical (unpaired) electrons. The number of benzene rings is 2. The van der Waals surface area contributed by atoms with Crippen molar-refractivity contribution in [3.8, 4) is 11.5 Å². The van der Waals surface area contributed by atoms with E-state index in [0.29, 0.717) is 31.2 Å². The molecule has 3 rings (SSSR count). The molecule has 1 saturated heterocycles. The fourth-order valence-electron chi connectivity index (χ4n) is 3.36. The van der Waals surface area contributed by atoms with Crippen molar-refractivity contribution in [2.24, 2.45) is 5.92 Å². The molecule has 1 heterocycles. The van der Waals surface area contributed by atoms with Crippen LogP contribution in [0.15, 0.2) is 42.5 Å². The number of hydrogen-bond donors (Lipinski definition) is 1. The summed E-state index contributed by atoms with van der Waals surface area (Å²) in [4.78, 5) is 26.6. The minimum Gasteiger partial charge on any atom is -0.493 e. The number of aryl methyl sites for hydroxylation is 1. The summed E-state index contributed by atoms with van der Waals surface area (Å²) >= 11 is 0. The zero-order valence-corrected chi connectivity index (χ0v) is 16.5. The molecule has 1 aliphatic rings. The summed E-state index contributed by atoms with van der Waals surface area (Å²) in [7, 11) is 1.59. The Labute approximate surface area is 165 Å². The summed E-state index contributed by atoms with van der Waals surface area (Å²) in [5.74, 6) is 0.804. The van der Waals surface area contributed by atoms with Crippen LogP contribution in [0.25, 0.3) is 0 Å². The van der Waals surface area contributed by atoms with Crippen LogP contribution in [0.2, 0.25) is 0 Å². The van der Waals surface area contributed by atoms with Gasteiger partial charge in [0.05, 0.1) is 19.6 Å². The van der Waals surface area contributed by atoms with Crippen molar-refractivity contribution in [1.29, 1.82) is 0 Å². The zero-order chi connectivity index (χ0) is 20.1. The molecule has 1 atom stereocenters. The van der Waals surface area contributed by atoms with Gasteiger partial charge < -0.3 is 19.7 Å². The molecule has 2 aromatic rings. The van der Waals surface area contributed by atoms with Crippen LogP contribution in [0, 0.1) is 19.8 Å². The average molecular weight is 382 g/mol. The quantitative estimate of drug-likeness (QED) is 0.748. The standard InChI is InChI=1S/C22H26N2O4/c1-15-7-6-8-18(16(15)2)24-14-17(13-21(24)25)22(26)23-11-12-28-20-10-5-4-9-19(20)27-3/h4-10,17H,11-14H2,1-3H3,(H,23,26). The number of para-hydroxylation sites is 2. The van der Waals surface area contributed by atoms with Crippen LogP contribution < -0.4 is 19.7 Å². The van der Waals surface area contributed by atoms with Crippen molar-refractivity contribution in [3.05, 3.63) is 53.6 Å². The van der Waals surface area contributed by atoms with Gasteiger partial charge in [-0.25, -0.2) is 0 Å². The minimum absolute atomic E-state index is 0.0147. The molecule has 1 aliphatic heterocycles. The number of nitrogens with zero attached hydrogens (tertiary/aromatic N) is 1. The Hall–Kier alpha value is -3.02. The molecule has 6 heteroatoms. The first-order valence-corrected chi connectivity index (χ1v) is 9.41. The van der Waals surface area contributed by atoms with Crippen molar-refractivity contribution in [3.63, 3.8) is 0 Å². The molecule has 0 aromatic heterocycles. The summed E-state index contributed by atoms with van der Waals surface area (Å²) in [5.41, 5.74) is 3.09. The molecule has 148 valence electrons. The van der Waals surface area contributed by atoms with Gasteiger partial charge >= 0.3 is 0 Å². The molecule has 1 fully saturated rings. The van der Waals surface area contributed by atoms with Gasteiger partial charge in [-0.3, -0.25) is 9.59 Å². The van der Waals surface area contributed by atoms with Crippen LogP contribution in [0.5, 0.6) is 11.5 Å². The first-order chi connectivity index (χ1) is 13.5. The maximum Gasteiger partial charge on any atom is 0.227 e. The van der Waals surface area contributed by atoms with E-state index in [4.69, 9.17) is 9.47 Å². The van der Waals surface area contributed by atoms with Crippen LogP contribution in [-0.2, 0) is 9.59 Å². The van der Waals surface area contributed by atoms with Crippen molar-refractivity contribution in [2.75, 3.05) is 31.7 Å². The highest BCUT2D eigenvalue weighted by Crippen LogP contribution is 2.29. The van der Waals surface area contributed by atoms with Crippen LogP contribution in [0.3, 0.4) is 0 Å². The molecule has 0 aliphatic carbocycles. The largest absolute Gasteiger partial charge is 0.493 e. The Kier molecular flexibility index (Phi) is 6.19. The van der Waals surface area contributed by atoms with Crippen LogP contribution in [0.4, 0.5) is 5.69 Å². The van der Waals surface area contributed by atoms with Gasteiger partial charge in [-0.2, -0.15) is 0 Å². The van der Waals surface area contributed by atoms with E-state index in [9.17, 15) is 9.59 Å². The van der Waals surface area contributed by atoms with E-state index >= 15 is 0 Å². The van der Waals surface area contributed by atoms with Gasteiger partial charge in [0, 0.05) is 18.7 Å². The minimum atomic E-state index is -0.348. The van der Waals surface area contributed by atoms with E-state index in [0.717, 1.165) is 16.8 Å². The van der Waals surface area contributed by atoms with Crippen molar-refractivity contribution < 1.29 is 19.1 Å². The van der Waals surface area contributed by atoms with E-state index in [2.05, 4.69) is 5.32 Å². The molecule has 0 bridgehead atoms. The number of rotatable bonds is 7. The lowest BCUT2D eigenvalue weighted by molar-refractivity contribution is -0.126. The molecule has 0 spiro atoms. The second-order valence-electron chi connectivity index (χ2n) is 6.91. The third-order valence-corrected chi connectivity index (χ3v) is 5.09. The monoisotopic (exact) mass is 382 g/mol. The van der Waals surface area contributed by atoms with E-state index in [1.165, 1.54) is 0 Å². The van der Waals surface area contributed by atoms with Crippen molar-refractivity contribution >= 4 is 17.5 Å². The lowest BCUT2D eigenvalue weighted by Gasteiger charge is -2.20. The fourth-order valence-corrected chi connectivity index (χ4v) is 3.36. The summed E-state index contributed by atoms with van der Waals surface area (Å²) in [6.07, 6.45) is 0.229. The maximum absolute atomic E-state index is 12.5. The van der Waals surface area contributed by atoms with Gasteiger partial charge in [-0.15, -0.1) is 0 Å². The SMILES string of the molecule is COc1ccccc1OCCNC(=O)C1CC(=O)N(c2cccc(C)c2C)C1. The highest BCUT2D eigenvalue weighted by Gasteiger charge is 2.35. The predicted molar refractivity (Wildman–Crippen MR) is 108 cm³/mol. The Morgan fingerprint density at radius 1 is 1.14 bits per heavy atom. The summed E-state index contributed by atoms with van der Waals surface area (Å²) in [6.45, 7) is 5.12. The van der Waals surface area contributed by atoms with Gasteiger partial charge in [0.15, 0.2) is 11.5 Å². The molecular formula is C22H26N2O4. The second kappa shape index (κ2) is 8.78. The summed E-state index contributed by atoms with van der Waals surface area (Å²) in [6, 6.07) is 13.3. The number of carbonyl (C=O) groups is 2. The van der Waals surface area contributed by atoms with Gasteiger partial charge in [-0.1, -0.05) is 24.3 Å². The smallest absolute Gasteiger partial charge is 0.227 e. The lowest BCUT2D eigenvalue weighted by Crippen LogP contribution is -2.35. The Balaban J connectivity index is 1.51. The topological polar surface area (TPSA) is 67.9 Å². The molecule has 28 heavy (non-hydrogen) atoms. The Morgan fingerprint density at radius 3 is 2.64 bits per heavy atom. The first kappa shape index (κ1) is 19.7. The fraction of sp³-hybridized carbons (Fsp3) is 0.364. The van der Waals surface area contributed by atoms with Gasteiger partial charge in [-0.05, 0) is 43.2 Å².